The summed E-state index contributed by atoms with van der Waals surface area (Å²) in [5, 5.41) is 0. The van der Waals surface area contributed by atoms with Gasteiger partial charge in [0.05, 0.1) is 13.0 Å². The van der Waals surface area contributed by atoms with E-state index in [0.717, 1.165) is 13.0 Å². The molecule has 0 radical (unpaired) electrons. The number of esters is 1. The molecule has 1 aliphatic rings. The number of hydrogen-bond acceptors (Lipinski definition) is 4. The second kappa shape index (κ2) is 8.73. The number of piperidine rings is 1. The molecule has 1 aliphatic heterocycles. The number of halogens is 1. The smallest absolute Gasteiger partial charge is 0.307 e. The van der Waals surface area contributed by atoms with Crippen LogP contribution in [0.5, 0.6) is 0 Å². The Morgan fingerprint density at radius 3 is 2.44 bits per heavy atom. The summed E-state index contributed by atoms with van der Waals surface area (Å²) >= 11 is 0. The van der Waals surface area contributed by atoms with E-state index in [1.165, 1.54) is 32.4 Å². The molecule has 5 heteroatoms. The monoisotopic (exact) mass is 278 g/mol. The van der Waals surface area contributed by atoms with Gasteiger partial charge in [-0.15, -0.1) is 12.4 Å². The molecule has 1 rings (SSSR count). The zero-order valence-corrected chi connectivity index (χ0v) is 12.4. The van der Waals surface area contributed by atoms with E-state index in [0.29, 0.717) is 6.61 Å². The third-order valence-corrected chi connectivity index (χ3v) is 2.93. The maximum atomic E-state index is 11.4. The fourth-order valence-electron chi connectivity index (χ4n) is 2.08. The third-order valence-electron chi connectivity index (χ3n) is 2.93. The summed E-state index contributed by atoms with van der Waals surface area (Å²) in [5.41, 5.74) is 5.28. The topological polar surface area (TPSA) is 55.6 Å². The maximum Gasteiger partial charge on any atom is 0.307 e. The fraction of sp³-hybridized carbons (Fsp3) is 0.923. The number of nitrogens with zero attached hydrogens (tertiary/aromatic N) is 1. The average molecular weight is 279 g/mol. The van der Waals surface area contributed by atoms with Gasteiger partial charge in [0.1, 0.15) is 0 Å². The number of rotatable bonds is 6. The molecule has 108 valence electrons. The van der Waals surface area contributed by atoms with Crippen LogP contribution in [-0.4, -0.2) is 42.6 Å². The highest BCUT2D eigenvalue weighted by Crippen LogP contribution is 2.09. The van der Waals surface area contributed by atoms with Gasteiger partial charge in [-0.05, 0) is 46.2 Å². The van der Waals surface area contributed by atoms with Crippen molar-refractivity contribution in [1.29, 1.82) is 0 Å². The van der Waals surface area contributed by atoms with Crippen LogP contribution in [0.1, 0.15) is 46.0 Å². The normalized spacial score (nSPS) is 17.1. The number of carbonyl (C=O) groups is 1. The van der Waals surface area contributed by atoms with Crippen LogP contribution in [-0.2, 0) is 9.53 Å². The molecular weight excluding hydrogens is 252 g/mol. The van der Waals surface area contributed by atoms with E-state index in [2.05, 4.69) is 4.90 Å². The van der Waals surface area contributed by atoms with Crippen molar-refractivity contribution in [3.05, 3.63) is 0 Å². The molecule has 1 saturated heterocycles. The molecule has 0 atom stereocenters. The van der Waals surface area contributed by atoms with Gasteiger partial charge in [-0.1, -0.05) is 6.42 Å². The summed E-state index contributed by atoms with van der Waals surface area (Å²) < 4.78 is 5.16. The lowest BCUT2D eigenvalue weighted by Crippen LogP contribution is -2.35. The van der Waals surface area contributed by atoms with Crippen LogP contribution in [0, 0.1) is 0 Å². The summed E-state index contributed by atoms with van der Waals surface area (Å²) in [6.07, 6.45) is 5.19. The maximum absolute atomic E-state index is 11.4. The van der Waals surface area contributed by atoms with Crippen LogP contribution < -0.4 is 5.73 Å². The molecule has 2 N–H and O–H groups in total. The quantitative estimate of drug-likeness (QED) is 0.596. The number of nitrogens with two attached hydrogens (primary N) is 1. The second-order valence-corrected chi connectivity index (χ2v) is 5.64. The minimum atomic E-state index is -0.468. The highest BCUT2D eigenvalue weighted by molar-refractivity contribution is 5.85. The molecule has 1 heterocycles. The van der Waals surface area contributed by atoms with E-state index in [4.69, 9.17) is 10.5 Å². The molecule has 0 spiro atoms. The van der Waals surface area contributed by atoms with Crippen LogP contribution in [0.15, 0.2) is 0 Å². The van der Waals surface area contributed by atoms with Crippen LogP contribution in [0.2, 0.25) is 0 Å². The molecule has 18 heavy (non-hydrogen) atoms. The van der Waals surface area contributed by atoms with E-state index in [-0.39, 0.29) is 24.8 Å². The van der Waals surface area contributed by atoms with Gasteiger partial charge >= 0.3 is 5.97 Å². The fourth-order valence-corrected chi connectivity index (χ4v) is 2.08. The highest BCUT2D eigenvalue weighted by atomic mass is 35.5. The Kier molecular flexibility index (Phi) is 8.57. The van der Waals surface area contributed by atoms with Crippen molar-refractivity contribution in [2.24, 2.45) is 5.73 Å². The highest BCUT2D eigenvalue weighted by Gasteiger charge is 2.17. The SMILES string of the molecule is CC(C)(N)CC(=O)OCCCN1CCCCC1.Cl. The first-order valence-corrected chi connectivity index (χ1v) is 6.64. The first-order valence-electron chi connectivity index (χ1n) is 6.64. The van der Waals surface area contributed by atoms with Crippen molar-refractivity contribution < 1.29 is 9.53 Å². The number of ether oxygens (including phenoxy) is 1. The molecule has 0 aromatic heterocycles. The van der Waals surface area contributed by atoms with E-state index >= 15 is 0 Å². The largest absolute Gasteiger partial charge is 0.466 e. The second-order valence-electron chi connectivity index (χ2n) is 5.64. The molecule has 0 aromatic rings. The Morgan fingerprint density at radius 2 is 1.89 bits per heavy atom. The Labute approximate surface area is 117 Å². The number of hydrogen-bond donors (Lipinski definition) is 1. The number of likely N-dealkylation sites (tertiary alicyclic amines) is 1. The van der Waals surface area contributed by atoms with Gasteiger partial charge in [0.2, 0.25) is 0 Å². The predicted octanol–water partition coefficient (Wildman–Crippen LogP) is 1.95. The Bertz CT molecular complexity index is 236. The van der Waals surface area contributed by atoms with Crippen molar-refractivity contribution in [2.75, 3.05) is 26.2 Å². The molecule has 0 unspecified atom stereocenters. The molecular formula is C13H27ClN2O2. The van der Waals surface area contributed by atoms with Crippen molar-refractivity contribution in [1.82, 2.24) is 4.90 Å². The standard InChI is InChI=1S/C13H26N2O2.ClH/c1-13(2,14)11-12(16)17-10-6-9-15-7-4-3-5-8-15;/h3-11,14H2,1-2H3;1H. The van der Waals surface area contributed by atoms with Crippen molar-refractivity contribution in [2.45, 2.75) is 51.5 Å². The van der Waals surface area contributed by atoms with Gasteiger partial charge in [0.15, 0.2) is 0 Å². The van der Waals surface area contributed by atoms with Crippen LogP contribution in [0.4, 0.5) is 0 Å². The lowest BCUT2D eigenvalue weighted by atomic mass is 10.0. The predicted molar refractivity (Wildman–Crippen MR) is 76.0 cm³/mol. The first-order chi connectivity index (χ1) is 7.97. The molecule has 4 nitrogen and oxygen atoms in total. The third kappa shape index (κ3) is 8.72. The van der Waals surface area contributed by atoms with E-state index in [1.807, 2.05) is 13.8 Å². The minimum absolute atomic E-state index is 0. The number of carbonyl (C=O) groups excluding carboxylic acids is 1. The van der Waals surface area contributed by atoms with Crippen LogP contribution >= 0.6 is 12.4 Å². The van der Waals surface area contributed by atoms with Gasteiger partial charge < -0.3 is 15.4 Å². The lowest BCUT2D eigenvalue weighted by Gasteiger charge is -2.26. The van der Waals surface area contributed by atoms with Crippen LogP contribution in [0.3, 0.4) is 0 Å². The zero-order valence-electron chi connectivity index (χ0n) is 11.6. The Hall–Kier alpha value is -0.320. The summed E-state index contributed by atoms with van der Waals surface area (Å²) in [6.45, 7) is 7.63. The molecule has 0 bridgehead atoms. The van der Waals surface area contributed by atoms with Crippen molar-refractivity contribution in [3.63, 3.8) is 0 Å². The minimum Gasteiger partial charge on any atom is -0.466 e. The van der Waals surface area contributed by atoms with Gasteiger partial charge in [-0.2, -0.15) is 0 Å². The molecule has 0 aromatic carbocycles. The summed E-state index contributed by atoms with van der Waals surface area (Å²) in [6, 6.07) is 0. The Balaban J connectivity index is 0.00000289. The Morgan fingerprint density at radius 1 is 1.28 bits per heavy atom. The van der Waals surface area contributed by atoms with Crippen LogP contribution in [0.25, 0.3) is 0 Å². The van der Waals surface area contributed by atoms with E-state index in [9.17, 15) is 4.79 Å². The lowest BCUT2D eigenvalue weighted by molar-refractivity contribution is -0.144. The van der Waals surface area contributed by atoms with Gasteiger partial charge in [0, 0.05) is 12.1 Å². The van der Waals surface area contributed by atoms with Gasteiger partial charge in [0.25, 0.3) is 0 Å². The first kappa shape index (κ1) is 17.7. The zero-order chi connectivity index (χ0) is 12.7. The van der Waals surface area contributed by atoms with Gasteiger partial charge in [-0.25, -0.2) is 0 Å². The molecule has 0 amide bonds. The van der Waals surface area contributed by atoms with Crippen molar-refractivity contribution in [3.8, 4) is 0 Å². The van der Waals surface area contributed by atoms with Gasteiger partial charge in [-0.3, -0.25) is 4.79 Å². The van der Waals surface area contributed by atoms with E-state index < -0.39 is 5.54 Å². The summed E-state index contributed by atoms with van der Waals surface area (Å²) in [5.74, 6) is -0.184. The van der Waals surface area contributed by atoms with Crippen molar-refractivity contribution >= 4 is 18.4 Å². The molecule has 1 fully saturated rings. The summed E-state index contributed by atoms with van der Waals surface area (Å²) in [7, 11) is 0. The van der Waals surface area contributed by atoms with E-state index in [1.54, 1.807) is 0 Å². The molecule has 0 aliphatic carbocycles. The molecule has 0 saturated carbocycles. The summed E-state index contributed by atoms with van der Waals surface area (Å²) in [4.78, 5) is 13.8. The average Bonchev–Trinajstić information content (AvgIpc) is 2.23.